The summed E-state index contributed by atoms with van der Waals surface area (Å²) in [6.45, 7) is 6.14. The minimum Gasteiger partial charge on any atom is -0.415 e. The lowest BCUT2D eigenvalue weighted by Gasteiger charge is -2.14. The zero-order valence-corrected chi connectivity index (χ0v) is 13.5. The molecule has 3 rings (SSSR count). The standard InChI is InChI=1S/C19H19N3O/c1-19(2,3)20-16(14-10-6-4-7-11-14)18-22-21-17(23-18)15-12-8-5-9-13-15/h4-13H,1-3H3. The number of hydrogen-bond acceptors (Lipinski definition) is 4. The van der Waals surface area contributed by atoms with Crippen LogP contribution in [0.4, 0.5) is 0 Å². The Bertz CT molecular complexity index is 799. The van der Waals surface area contributed by atoms with Crippen LogP contribution < -0.4 is 0 Å². The summed E-state index contributed by atoms with van der Waals surface area (Å²) in [6, 6.07) is 19.7. The van der Waals surface area contributed by atoms with Gasteiger partial charge in [-0.2, -0.15) is 0 Å². The van der Waals surface area contributed by atoms with Crippen LogP contribution in [0.2, 0.25) is 0 Å². The Balaban J connectivity index is 2.05. The van der Waals surface area contributed by atoms with Gasteiger partial charge in [-0.05, 0) is 32.9 Å². The van der Waals surface area contributed by atoms with Gasteiger partial charge >= 0.3 is 0 Å². The van der Waals surface area contributed by atoms with Crippen molar-refractivity contribution in [2.24, 2.45) is 4.99 Å². The molecule has 0 N–H and O–H groups in total. The van der Waals surface area contributed by atoms with Crippen LogP contribution in [0.15, 0.2) is 70.1 Å². The fourth-order valence-corrected chi connectivity index (χ4v) is 2.18. The number of aliphatic imine (C=N–C) groups is 1. The molecule has 0 unspecified atom stereocenters. The SMILES string of the molecule is CC(C)(C)N=C(c1ccccc1)c1nnc(-c2ccccc2)o1. The molecule has 1 heterocycles. The maximum Gasteiger partial charge on any atom is 0.266 e. The first-order chi connectivity index (χ1) is 11.0. The van der Waals surface area contributed by atoms with Gasteiger partial charge in [-0.1, -0.05) is 48.5 Å². The Morgan fingerprint density at radius 3 is 2.09 bits per heavy atom. The van der Waals surface area contributed by atoms with E-state index in [0.717, 1.165) is 11.1 Å². The van der Waals surface area contributed by atoms with Crippen LogP contribution in [0.1, 0.15) is 32.2 Å². The Morgan fingerprint density at radius 1 is 0.870 bits per heavy atom. The summed E-state index contributed by atoms with van der Waals surface area (Å²) < 4.78 is 5.88. The van der Waals surface area contributed by atoms with Gasteiger partial charge in [0.05, 0.1) is 5.54 Å². The first-order valence-electron chi connectivity index (χ1n) is 7.57. The lowest BCUT2D eigenvalue weighted by Crippen LogP contribution is -2.16. The van der Waals surface area contributed by atoms with Crippen LogP contribution in [0.3, 0.4) is 0 Å². The minimum absolute atomic E-state index is 0.243. The van der Waals surface area contributed by atoms with Crippen LogP contribution in [0.25, 0.3) is 11.5 Å². The minimum atomic E-state index is -0.243. The van der Waals surface area contributed by atoms with E-state index in [4.69, 9.17) is 9.41 Å². The molecule has 0 aliphatic rings. The van der Waals surface area contributed by atoms with E-state index in [1.165, 1.54) is 0 Å². The highest BCUT2D eigenvalue weighted by Gasteiger charge is 2.19. The molecule has 0 saturated carbocycles. The molecule has 0 amide bonds. The number of benzene rings is 2. The van der Waals surface area contributed by atoms with Crippen molar-refractivity contribution in [3.63, 3.8) is 0 Å². The predicted octanol–water partition coefficient (Wildman–Crippen LogP) is 4.37. The maximum atomic E-state index is 5.88. The number of aromatic nitrogens is 2. The van der Waals surface area contributed by atoms with Crippen molar-refractivity contribution in [2.75, 3.05) is 0 Å². The molecule has 0 radical (unpaired) electrons. The zero-order chi connectivity index (χ0) is 16.3. The van der Waals surface area contributed by atoms with Crippen LogP contribution in [0.5, 0.6) is 0 Å². The monoisotopic (exact) mass is 305 g/mol. The van der Waals surface area contributed by atoms with E-state index in [1.54, 1.807) is 0 Å². The first-order valence-corrected chi connectivity index (χ1v) is 7.57. The Kier molecular flexibility index (Phi) is 4.06. The highest BCUT2D eigenvalue weighted by molar-refractivity contribution is 6.10. The summed E-state index contributed by atoms with van der Waals surface area (Å²) in [5, 5.41) is 8.37. The van der Waals surface area contributed by atoms with Gasteiger partial charge in [0.25, 0.3) is 5.89 Å². The second-order valence-corrected chi connectivity index (χ2v) is 6.28. The molecule has 0 spiro atoms. The number of nitrogens with zero attached hydrogens (tertiary/aromatic N) is 3. The maximum absolute atomic E-state index is 5.88. The summed E-state index contributed by atoms with van der Waals surface area (Å²) in [6.07, 6.45) is 0. The number of hydrogen-bond donors (Lipinski definition) is 0. The summed E-state index contributed by atoms with van der Waals surface area (Å²) in [5.74, 6) is 0.933. The highest BCUT2D eigenvalue weighted by Crippen LogP contribution is 2.21. The molecular weight excluding hydrogens is 286 g/mol. The first kappa shape index (κ1) is 15.2. The molecule has 0 saturated heterocycles. The van der Waals surface area contributed by atoms with Gasteiger partial charge in [0.15, 0.2) is 0 Å². The summed E-state index contributed by atoms with van der Waals surface area (Å²) in [7, 11) is 0. The van der Waals surface area contributed by atoms with Gasteiger partial charge in [-0.3, -0.25) is 4.99 Å². The van der Waals surface area contributed by atoms with E-state index in [9.17, 15) is 0 Å². The lowest BCUT2D eigenvalue weighted by atomic mass is 10.1. The Morgan fingerprint density at radius 2 is 1.48 bits per heavy atom. The molecule has 23 heavy (non-hydrogen) atoms. The molecular formula is C19H19N3O. The summed E-state index contributed by atoms with van der Waals surface area (Å²) in [5.41, 5.74) is 2.33. The lowest BCUT2D eigenvalue weighted by molar-refractivity contribution is 0.547. The molecule has 1 aromatic heterocycles. The van der Waals surface area contributed by atoms with Crippen LogP contribution >= 0.6 is 0 Å². The molecule has 0 aliphatic carbocycles. The normalized spacial score (nSPS) is 12.4. The van der Waals surface area contributed by atoms with E-state index >= 15 is 0 Å². The average Bonchev–Trinajstić information content (AvgIpc) is 3.03. The van der Waals surface area contributed by atoms with Crippen LogP contribution in [0, 0.1) is 0 Å². The summed E-state index contributed by atoms with van der Waals surface area (Å²) in [4.78, 5) is 4.78. The Labute approximate surface area is 135 Å². The third-order valence-electron chi connectivity index (χ3n) is 3.14. The van der Waals surface area contributed by atoms with Gasteiger partial charge in [0.1, 0.15) is 5.71 Å². The zero-order valence-electron chi connectivity index (χ0n) is 13.5. The summed E-state index contributed by atoms with van der Waals surface area (Å²) >= 11 is 0. The van der Waals surface area contributed by atoms with E-state index in [2.05, 4.69) is 10.2 Å². The van der Waals surface area contributed by atoms with E-state index in [0.29, 0.717) is 17.5 Å². The third-order valence-corrected chi connectivity index (χ3v) is 3.14. The molecule has 2 aromatic carbocycles. The van der Waals surface area contributed by atoms with Gasteiger partial charge in [0, 0.05) is 11.1 Å². The highest BCUT2D eigenvalue weighted by atomic mass is 16.4. The molecule has 0 fully saturated rings. The second kappa shape index (κ2) is 6.16. The van der Waals surface area contributed by atoms with Crippen molar-refractivity contribution in [1.29, 1.82) is 0 Å². The van der Waals surface area contributed by atoms with Gasteiger partial charge in [0.2, 0.25) is 5.89 Å². The third kappa shape index (κ3) is 3.72. The Hall–Kier alpha value is -2.75. The number of rotatable bonds is 3. The molecule has 116 valence electrons. The van der Waals surface area contributed by atoms with E-state index in [-0.39, 0.29) is 5.54 Å². The predicted molar refractivity (Wildman–Crippen MR) is 91.6 cm³/mol. The van der Waals surface area contributed by atoms with Crippen molar-refractivity contribution in [3.05, 3.63) is 72.1 Å². The van der Waals surface area contributed by atoms with Crippen molar-refractivity contribution in [2.45, 2.75) is 26.3 Å². The van der Waals surface area contributed by atoms with Crippen LogP contribution in [-0.4, -0.2) is 21.4 Å². The van der Waals surface area contributed by atoms with Gasteiger partial charge < -0.3 is 4.42 Å². The van der Waals surface area contributed by atoms with Gasteiger partial charge in [-0.15, -0.1) is 10.2 Å². The van der Waals surface area contributed by atoms with Crippen molar-refractivity contribution < 1.29 is 4.42 Å². The quantitative estimate of drug-likeness (QED) is 0.675. The van der Waals surface area contributed by atoms with Crippen molar-refractivity contribution in [1.82, 2.24) is 10.2 Å². The average molecular weight is 305 g/mol. The molecule has 3 aromatic rings. The topological polar surface area (TPSA) is 51.3 Å². The molecule has 0 aliphatic heterocycles. The fraction of sp³-hybridized carbons (Fsp3) is 0.211. The fourth-order valence-electron chi connectivity index (χ4n) is 2.18. The van der Waals surface area contributed by atoms with E-state index in [1.807, 2.05) is 81.4 Å². The smallest absolute Gasteiger partial charge is 0.266 e. The molecule has 0 bridgehead atoms. The van der Waals surface area contributed by atoms with Crippen molar-refractivity contribution >= 4 is 5.71 Å². The van der Waals surface area contributed by atoms with Crippen molar-refractivity contribution in [3.8, 4) is 11.5 Å². The van der Waals surface area contributed by atoms with E-state index < -0.39 is 0 Å². The molecule has 0 atom stereocenters. The molecule has 4 heteroatoms. The van der Waals surface area contributed by atoms with Crippen LogP contribution in [-0.2, 0) is 0 Å². The largest absolute Gasteiger partial charge is 0.415 e. The second-order valence-electron chi connectivity index (χ2n) is 6.28. The van der Waals surface area contributed by atoms with Gasteiger partial charge in [-0.25, -0.2) is 0 Å². The molecule has 4 nitrogen and oxygen atoms in total.